The number of rotatable bonds is 5. The zero-order valence-electron chi connectivity index (χ0n) is 12.2. The molecule has 5 heteroatoms. The van der Waals surface area contributed by atoms with Crippen molar-refractivity contribution in [1.82, 2.24) is 10.9 Å². The number of carbonyl (C=O) groups excluding carboxylic acids is 2. The number of nitrogens with one attached hydrogen (secondary N) is 2. The largest absolute Gasteiger partial charge is 0.398 e. The van der Waals surface area contributed by atoms with Gasteiger partial charge in [0.25, 0.3) is 5.91 Å². The van der Waals surface area contributed by atoms with Gasteiger partial charge in [0.2, 0.25) is 0 Å². The van der Waals surface area contributed by atoms with Crippen LogP contribution in [0.4, 0.5) is 5.69 Å². The van der Waals surface area contributed by atoms with Gasteiger partial charge < -0.3 is 11.2 Å². The van der Waals surface area contributed by atoms with Gasteiger partial charge in [-0.05, 0) is 19.1 Å². The third kappa shape index (κ3) is 3.96. The van der Waals surface area contributed by atoms with Crippen LogP contribution in [0, 0.1) is 0 Å². The second kappa shape index (κ2) is 7.08. The molecule has 0 aliphatic carbocycles. The van der Waals surface area contributed by atoms with Crippen molar-refractivity contribution in [2.45, 2.75) is 6.92 Å². The van der Waals surface area contributed by atoms with Crippen LogP contribution in [0.5, 0.6) is 0 Å². The van der Waals surface area contributed by atoms with Crippen molar-refractivity contribution in [2.24, 2.45) is 0 Å². The molecule has 0 aliphatic rings. The first kappa shape index (κ1) is 15.3. The lowest BCUT2D eigenvalue weighted by molar-refractivity contribution is 0.0937. The maximum Gasteiger partial charge on any atom is 0.271 e. The molecule has 0 fully saturated rings. The molecule has 0 aliphatic heterocycles. The molecule has 0 saturated heterocycles. The predicted molar refractivity (Wildman–Crippen MR) is 86.0 cm³/mol. The van der Waals surface area contributed by atoms with Gasteiger partial charge in [0.15, 0.2) is 5.78 Å². The van der Waals surface area contributed by atoms with Gasteiger partial charge in [-0.3, -0.25) is 15.0 Å². The lowest BCUT2D eigenvalue weighted by Gasteiger charge is -2.10. The monoisotopic (exact) mass is 295 g/mol. The van der Waals surface area contributed by atoms with Crippen molar-refractivity contribution < 1.29 is 9.59 Å². The van der Waals surface area contributed by atoms with Crippen LogP contribution in [0.1, 0.15) is 27.6 Å². The van der Waals surface area contributed by atoms with Crippen molar-refractivity contribution in [3.8, 4) is 0 Å². The first-order valence-corrected chi connectivity index (χ1v) is 6.76. The predicted octanol–water partition coefficient (Wildman–Crippen LogP) is 2.29. The fraction of sp³-hybridized carbons (Fsp3) is 0.0588. The standard InChI is InChI=1S/C17H17N3O2/c1-12(11-16(21)13-7-3-2-4-8-13)19-20-17(22)14-9-5-6-10-15(14)18/h2-11,19H,18H2,1H3,(H,20,22)/b12-11+. The highest BCUT2D eigenvalue weighted by Crippen LogP contribution is 2.09. The van der Waals surface area contributed by atoms with E-state index < -0.39 is 0 Å². The highest BCUT2D eigenvalue weighted by molar-refractivity contribution is 6.04. The number of anilines is 1. The summed E-state index contributed by atoms with van der Waals surface area (Å²) in [6.45, 7) is 1.69. The molecule has 5 nitrogen and oxygen atoms in total. The minimum Gasteiger partial charge on any atom is -0.398 e. The highest BCUT2D eigenvalue weighted by atomic mass is 16.2. The number of carbonyl (C=O) groups is 2. The van der Waals surface area contributed by atoms with E-state index >= 15 is 0 Å². The average Bonchev–Trinajstić information content (AvgIpc) is 2.54. The van der Waals surface area contributed by atoms with Gasteiger partial charge in [-0.25, -0.2) is 0 Å². The minimum absolute atomic E-state index is 0.140. The Morgan fingerprint density at radius 1 is 0.955 bits per heavy atom. The summed E-state index contributed by atoms with van der Waals surface area (Å²) >= 11 is 0. The Morgan fingerprint density at radius 3 is 2.27 bits per heavy atom. The Balaban J connectivity index is 1.97. The highest BCUT2D eigenvalue weighted by Gasteiger charge is 2.08. The third-order valence-electron chi connectivity index (χ3n) is 2.98. The summed E-state index contributed by atoms with van der Waals surface area (Å²) in [7, 11) is 0. The molecule has 0 saturated carbocycles. The van der Waals surface area contributed by atoms with Gasteiger partial charge in [-0.15, -0.1) is 0 Å². The van der Waals surface area contributed by atoms with Gasteiger partial charge in [-0.1, -0.05) is 42.5 Å². The van der Waals surface area contributed by atoms with Crippen LogP contribution in [0.2, 0.25) is 0 Å². The van der Waals surface area contributed by atoms with Crippen molar-refractivity contribution in [3.63, 3.8) is 0 Å². The van der Waals surface area contributed by atoms with E-state index in [9.17, 15) is 9.59 Å². The minimum atomic E-state index is -0.363. The quantitative estimate of drug-likeness (QED) is 0.342. The van der Waals surface area contributed by atoms with Crippen LogP contribution >= 0.6 is 0 Å². The summed E-state index contributed by atoms with van der Waals surface area (Å²) < 4.78 is 0. The lowest BCUT2D eigenvalue weighted by Crippen LogP contribution is -2.36. The van der Waals surface area contributed by atoms with Crippen LogP contribution < -0.4 is 16.6 Å². The third-order valence-corrected chi connectivity index (χ3v) is 2.98. The molecule has 1 amide bonds. The summed E-state index contributed by atoms with van der Waals surface area (Å²) in [5, 5.41) is 0. The van der Waals surface area contributed by atoms with E-state index in [1.807, 2.05) is 6.07 Å². The normalized spacial score (nSPS) is 10.9. The summed E-state index contributed by atoms with van der Waals surface area (Å²) in [5.41, 5.74) is 12.8. The molecule has 22 heavy (non-hydrogen) atoms. The Kier molecular flexibility index (Phi) is 4.93. The van der Waals surface area contributed by atoms with Gasteiger partial charge in [-0.2, -0.15) is 0 Å². The fourth-order valence-corrected chi connectivity index (χ4v) is 1.84. The molecule has 2 rings (SSSR count). The molecule has 0 spiro atoms. The van der Waals surface area contributed by atoms with Gasteiger partial charge >= 0.3 is 0 Å². The molecule has 0 bridgehead atoms. The molecule has 2 aromatic rings. The first-order chi connectivity index (χ1) is 10.6. The summed E-state index contributed by atoms with van der Waals surface area (Å²) in [6.07, 6.45) is 1.42. The number of hydrogen-bond donors (Lipinski definition) is 3. The van der Waals surface area contributed by atoms with E-state index in [2.05, 4.69) is 10.9 Å². The maximum atomic E-state index is 12.0. The zero-order valence-corrected chi connectivity index (χ0v) is 12.2. The topological polar surface area (TPSA) is 84.2 Å². The van der Waals surface area contributed by atoms with E-state index in [0.29, 0.717) is 22.5 Å². The molecule has 112 valence electrons. The summed E-state index contributed by atoms with van der Waals surface area (Å²) in [5.74, 6) is -0.503. The number of benzene rings is 2. The maximum absolute atomic E-state index is 12.0. The molecule has 0 heterocycles. The van der Waals surface area contributed by atoms with Crippen LogP contribution in [0.3, 0.4) is 0 Å². The second-order valence-electron chi connectivity index (χ2n) is 4.72. The number of allylic oxidation sites excluding steroid dienone is 2. The molecule has 0 atom stereocenters. The lowest BCUT2D eigenvalue weighted by atomic mass is 10.1. The smallest absolute Gasteiger partial charge is 0.271 e. The van der Waals surface area contributed by atoms with Crippen molar-refractivity contribution in [3.05, 3.63) is 77.5 Å². The van der Waals surface area contributed by atoms with E-state index in [1.165, 1.54) is 6.08 Å². The molecule has 4 N–H and O–H groups in total. The molecule has 0 aromatic heterocycles. The van der Waals surface area contributed by atoms with E-state index in [1.54, 1.807) is 55.5 Å². The van der Waals surface area contributed by atoms with E-state index in [0.717, 1.165) is 0 Å². The Labute approximate surface area is 128 Å². The molecular weight excluding hydrogens is 278 g/mol. The number of para-hydroxylation sites is 1. The average molecular weight is 295 g/mol. The van der Waals surface area contributed by atoms with Crippen LogP contribution in [0.25, 0.3) is 0 Å². The number of nitrogens with two attached hydrogens (primary N) is 1. The molecule has 0 radical (unpaired) electrons. The van der Waals surface area contributed by atoms with E-state index in [4.69, 9.17) is 5.73 Å². The summed E-state index contributed by atoms with van der Waals surface area (Å²) in [4.78, 5) is 23.9. The van der Waals surface area contributed by atoms with E-state index in [-0.39, 0.29) is 11.7 Å². The summed E-state index contributed by atoms with van der Waals surface area (Å²) in [6, 6.07) is 15.7. The van der Waals surface area contributed by atoms with Crippen LogP contribution in [0.15, 0.2) is 66.4 Å². The van der Waals surface area contributed by atoms with Gasteiger partial charge in [0.05, 0.1) is 5.56 Å². The van der Waals surface area contributed by atoms with Crippen LogP contribution in [-0.2, 0) is 0 Å². The Hall–Kier alpha value is -3.08. The van der Waals surface area contributed by atoms with Crippen molar-refractivity contribution in [1.29, 1.82) is 0 Å². The first-order valence-electron chi connectivity index (χ1n) is 6.76. The van der Waals surface area contributed by atoms with Gasteiger partial charge in [0, 0.05) is 23.0 Å². The molecule has 2 aromatic carbocycles. The fourth-order valence-electron chi connectivity index (χ4n) is 1.84. The van der Waals surface area contributed by atoms with Crippen molar-refractivity contribution in [2.75, 3.05) is 5.73 Å². The number of nitrogen functional groups attached to an aromatic ring is 1. The number of amides is 1. The number of hydrogen-bond acceptors (Lipinski definition) is 4. The molecule has 0 unspecified atom stereocenters. The SMILES string of the molecule is C/C(=C\C(=O)c1ccccc1)NNC(=O)c1ccccc1N. The Bertz CT molecular complexity index is 709. The second-order valence-corrected chi connectivity index (χ2v) is 4.72. The zero-order chi connectivity index (χ0) is 15.9. The number of hydrazine groups is 1. The van der Waals surface area contributed by atoms with Crippen LogP contribution in [-0.4, -0.2) is 11.7 Å². The van der Waals surface area contributed by atoms with Crippen molar-refractivity contribution >= 4 is 17.4 Å². The number of ketones is 1. The molecular formula is C17H17N3O2. The van der Waals surface area contributed by atoms with Gasteiger partial charge in [0.1, 0.15) is 0 Å². The Morgan fingerprint density at radius 2 is 1.59 bits per heavy atom.